The van der Waals surface area contributed by atoms with E-state index in [-0.39, 0.29) is 0 Å². The van der Waals surface area contributed by atoms with E-state index in [1.165, 1.54) is 12.8 Å². The predicted molar refractivity (Wildman–Crippen MR) is 86.4 cm³/mol. The van der Waals surface area contributed by atoms with Crippen molar-refractivity contribution in [1.82, 2.24) is 20.0 Å². The first-order valence-corrected chi connectivity index (χ1v) is 8.44. The van der Waals surface area contributed by atoms with Crippen LogP contribution in [0.15, 0.2) is 0 Å². The molecule has 2 unspecified atom stereocenters. The summed E-state index contributed by atoms with van der Waals surface area (Å²) in [6, 6.07) is 0.387. The Hall–Kier alpha value is -0.650. The highest BCUT2D eigenvalue weighted by Gasteiger charge is 2.27. The van der Waals surface area contributed by atoms with Crippen LogP contribution < -0.4 is 5.32 Å². The monoisotopic (exact) mass is 296 g/mol. The summed E-state index contributed by atoms with van der Waals surface area (Å²) in [4.78, 5) is 19.2. The molecule has 0 radical (unpaired) electrons. The highest BCUT2D eigenvalue weighted by molar-refractivity contribution is 5.77. The molecular weight excluding hydrogens is 264 g/mol. The third-order valence-electron chi connectivity index (χ3n) is 4.91. The minimum Gasteiger partial charge on any atom is -0.340 e. The van der Waals surface area contributed by atoms with E-state index in [9.17, 15) is 4.79 Å². The number of carbonyl (C=O) groups excluding carboxylic acids is 1. The molecule has 0 spiro atoms. The Bertz CT molecular complexity index is 326. The quantitative estimate of drug-likeness (QED) is 0.800. The zero-order chi connectivity index (χ0) is 15.2. The van der Waals surface area contributed by atoms with Crippen LogP contribution >= 0.6 is 0 Å². The van der Waals surface area contributed by atoms with E-state index in [1.807, 2.05) is 0 Å². The number of carbonyl (C=O) groups is 1. The van der Waals surface area contributed by atoms with E-state index in [1.54, 1.807) is 0 Å². The maximum Gasteiger partial charge on any atom is 0.224 e. The molecule has 122 valence electrons. The highest BCUT2D eigenvalue weighted by atomic mass is 16.2. The first-order valence-electron chi connectivity index (χ1n) is 8.44. The fourth-order valence-corrected chi connectivity index (χ4v) is 3.27. The zero-order valence-electron chi connectivity index (χ0n) is 14.0. The summed E-state index contributed by atoms with van der Waals surface area (Å²) in [5.41, 5.74) is 0. The predicted octanol–water partition coefficient (Wildman–Crippen LogP) is 0.470. The van der Waals surface area contributed by atoms with Gasteiger partial charge in [-0.15, -0.1) is 0 Å². The van der Waals surface area contributed by atoms with Gasteiger partial charge in [0.15, 0.2) is 0 Å². The van der Waals surface area contributed by atoms with Crippen LogP contribution in [0.1, 0.15) is 26.2 Å². The molecule has 5 heteroatoms. The van der Waals surface area contributed by atoms with Gasteiger partial charge in [-0.2, -0.15) is 0 Å². The van der Waals surface area contributed by atoms with Crippen molar-refractivity contribution in [3.05, 3.63) is 0 Å². The lowest BCUT2D eigenvalue weighted by Crippen LogP contribution is -2.52. The van der Waals surface area contributed by atoms with E-state index >= 15 is 0 Å². The third kappa shape index (κ3) is 5.24. The summed E-state index contributed by atoms with van der Waals surface area (Å²) in [5.74, 6) is 0.970. The standard InChI is InChI=1S/C16H32N4O/c1-14-5-4-6-17-15(14)13-16(21)20-11-9-19(10-12-20)8-7-18(2)3/h14-15,17H,4-13H2,1-3H3. The van der Waals surface area contributed by atoms with Gasteiger partial charge < -0.3 is 15.1 Å². The third-order valence-corrected chi connectivity index (χ3v) is 4.91. The normalized spacial score (nSPS) is 28.1. The Morgan fingerprint density at radius 1 is 1.24 bits per heavy atom. The van der Waals surface area contributed by atoms with E-state index in [0.29, 0.717) is 24.3 Å². The van der Waals surface area contributed by atoms with E-state index in [2.05, 4.69) is 41.0 Å². The molecule has 0 aromatic carbocycles. The number of piperazine rings is 1. The second-order valence-electron chi connectivity index (χ2n) is 6.91. The van der Waals surface area contributed by atoms with Crippen molar-refractivity contribution in [2.45, 2.75) is 32.2 Å². The maximum atomic E-state index is 12.4. The molecule has 0 aromatic heterocycles. The molecule has 1 amide bonds. The number of likely N-dealkylation sites (N-methyl/N-ethyl adjacent to an activating group) is 1. The highest BCUT2D eigenvalue weighted by Crippen LogP contribution is 2.19. The molecule has 0 aromatic rings. The summed E-state index contributed by atoms with van der Waals surface area (Å²) in [7, 11) is 4.22. The van der Waals surface area contributed by atoms with Gasteiger partial charge in [-0.25, -0.2) is 0 Å². The zero-order valence-corrected chi connectivity index (χ0v) is 14.0. The molecule has 1 N–H and O–H groups in total. The second-order valence-corrected chi connectivity index (χ2v) is 6.91. The van der Waals surface area contributed by atoms with Gasteiger partial charge in [-0.3, -0.25) is 9.69 Å². The minimum atomic E-state index is 0.341. The van der Waals surface area contributed by atoms with Gasteiger partial charge in [0.2, 0.25) is 5.91 Å². The lowest BCUT2D eigenvalue weighted by molar-refractivity contribution is -0.133. The lowest BCUT2D eigenvalue weighted by atomic mass is 9.90. The number of piperidine rings is 1. The van der Waals surface area contributed by atoms with Crippen molar-refractivity contribution in [1.29, 1.82) is 0 Å². The molecule has 2 aliphatic heterocycles. The van der Waals surface area contributed by atoms with Crippen LogP contribution in [-0.4, -0.2) is 86.6 Å². The van der Waals surface area contributed by atoms with Gasteiger partial charge in [0.05, 0.1) is 0 Å². The van der Waals surface area contributed by atoms with Crippen LogP contribution in [-0.2, 0) is 4.79 Å². The van der Waals surface area contributed by atoms with Crippen molar-refractivity contribution < 1.29 is 4.79 Å². The Balaban J connectivity index is 1.70. The molecule has 0 bridgehead atoms. The summed E-state index contributed by atoms with van der Waals surface area (Å²) in [5, 5.41) is 3.52. The Morgan fingerprint density at radius 3 is 2.57 bits per heavy atom. The molecule has 21 heavy (non-hydrogen) atoms. The molecule has 0 aliphatic carbocycles. The smallest absolute Gasteiger partial charge is 0.224 e. The average Bonchev–Trinajstić information content (AvgIpc) is 2.48. The van der Waals surface area contributed by atoms with Crippen LogP contribution in [0.25, 0.3) is 0 Å². The molecule has 2 aliphatic rings. The van der Waals surface area contributed by atoms with Gasteiger partial charge in [0.25, 0.3) is 0 Å². The van der Waals surface area contributed by atoms with Crippen LogP contribution in [0.3, 0.4) is 0 Å². The van der Waals surface area contributed by atoms with E-state index < -0.39 is 0 Å². The van der Waals surface area contributed by atoms with Crippen molar-refractivity contribution in [2.24, 2.45) is 5.92 Å². The first-order chi connectivity index (χ1) is 10.1. The topological polar surface area (TPSA) is 38.8 Å². The summed E-state index contributed by atoms with van der Waals surface area (Å²) in [6.07, 6.45) is 3.18. The number of amides is 1. The van der Waals surface area contributed by atoms with Crippen molar-refractivity contribution in [2.75, 3.05) is 59.9 Å². The fraction of sp³-hybridized carbons (Fsp3) is 0.938. The molecular formula is C16H32N4O. The Labute approximate surface area is 129 Å². The van der Waals surface area contributed by atoms with Gasteiger partial charge in [-0.05, 0) is 39.4 Å². The van der Waals surface area contributed by atoms with Crippen molar-refractivity contribution in [3.63, 3.8) is 0 Å². The molecule has 2 saturated heterocycles. The molecule has 0 saturated carbocycles. The molecule has 5 nitrogen and oxygen atoms in total. The molecule has 2 rings (SSSR count). The van der Waals surface area contributed by atoms with Crippen molar-refractivity contribution >= 4 is 5.91 Å². The lowest BCUT2D eigenvalue weighted by Gasteiger charge is -2.37. The first kappa shape index (κ1) is 16.7. The minimum absolute atomic E-state index is 0.341. The maximum absolute atomic E-state index is 12.4. The van der Waals surface area contributed by atoms with Gasteiger partial charge in [0, 0.05) is 51.7 Å². The van der Waals surface area contributed by atoms with Gasteiger partial charge >= 0.3 is 0 Å². The molecule has 2 atom stereocenters. The van der Waals surface area contributed by atoms with Gasteiger partial charge in [-0.1, -0.05) is 6.92 Å². The number of rotatable bonds is 5. The summed E-state index contributed by atoms with van der Waals surface area (Å²) >= 11 is 0. The molecule has 2 fully saturated rings. The average molecular weight is 296 g/mol. The number of nitrogens with one attached hydrogen (secondary N) is 1. The van der Waals surface area contributed by atoms with Crippen LogP contribution in [0.2, 0.25) is 0 Å². The number of hydrogen-bond acceptors (Lipinski definition) is 4. The largest absolute Gasteiger partial charge is 0.340 e. The Morgan fingerprint density at radius 2 is 1.95 bits per heavy atom. The summed E-state index contributed by atoms with van der Waals surface area (Å²) in [6.45, 7) is 9.37. The second kappa shape index (κ2) is 8.11. The van der Waals surface area contributed by atoms with E-state index in [4.69, 9.17) is 0 Å². The number of hydrogen-bond donors (Lipinski definition) is 1. The van der Waals surface area contributed by atoms with Crippen molar-refractivity contribution in [3.8, 4) is 0 Å². The van der Waals surface area contributed by atoms with Crippen LogP contribution in [0, 0.1) is 5.92 Å². The fourth-order valence-electron chi connectivity index (χ4n) is 3.27. The van der Waals surface area contributed by atoms with E-state index in [0.717, 1.165) is 45.8 Å². The SMILES string of the molecule is CC1CCCNC1CC(=O)N1CCN(CCN(C)C)CC1. The number of nitrogens with zero attached hydrogens (tertiary/aromatic N) is 3. The van der Waals surface area contributed by atoms with Crippen LogP contribution in [0.5, 0.6) is 0 Å². The van der Waals surface area contributed by atoms with Crippen LogP contribution in [0.4, 0.5) is 0 Å². The molecule has 2 heterocycles. The Kier molecular flexibility index (Phi) is 6.45. The summed E-state index contributed by atoms with van der Waals surface area (Å²) < 4.78 is 0. The van der Waals surface area contributed by atoms with Gasteiger partial charge in [0.1, 0.15) is 0 Å².